The molecular weight excluding hydrogens is 236 g/mol. The number of aromatic nitrogens is 2. The summed E-state index contributed by atoms with van der Waals surface area (Å²) in [5, 5.41) is 9.65. The molecule has 102 valence electrons. The van der Waals surface area contributed by atoms with Crippen LogP contribution in [0.1, 0.15) is 32.7 Å². The quantitative estimate of drug-likeness (QED) is 0.814. The molecule has 0 spiro atoms. The van der Waals surface area contributed by atoms with E-state index < -0.39 is 11.2 Å². The van der Waals surface area contributed by atoms with Crippen molar-refractivity contribution in [3.63, 3.8) is 0 Å². The number of rotatable bonds is 6. The molecule has 1 rings (SSSR count). The first-order valence-corrected chi connectivity index (χ1v) is 6.07. The molecule has 18 heavy (non-hydrogen) atoms. The van der Waals surface area contributed by atoms with Crippen LogP contribution in [0.4, 0.5) is 0 Å². The molecule has 0 aromatic carbocycles. The van der Waals surface area contributed by atoms with Crippen molar-refractivity contribution < 1.29 is 9.84 Å². The zero-order chi connectivity index (χ0) is 13.7. The molecule has 6 nitrogen and oxygen atoms in total. The van der Waals surface area contributed by atoms with E-state index in [0.29, 0.717) is 6.54 Å². The maximum atomic E-state index is 12.1. The van der Waals surface area contributed by atoms with E-state index >= 15 is 0 Å². The van der Waals surface area contributed by atoms with Crippen LogP contribution < -0.4 is 11.2 Å². The highest BCUT2D eigenvalue weighted by Gasteiger charge is 2.15. The van der Waals surface area contributed by atoms with Gasteiger partial charge in [-0.3, -0.25) is 13.9 Å². The van der Waals surface area contributed by atoms with Crippen molar-refractivity contribution >= 4 is 0 Å². The van der Waals surface area contributed by atoms with Crippen molar-refractivity contribution in [1.29, 1.82) is 0 Å². The Bertz CT molecular complexity index is 504. The second-order valence-corrected chi connectivity index (χ2v) is 4.30. The monoisotopic (exact) mass is 256 g/mol. The molecule has 0 fully saturated rings. The predicted molar refractivity (Wildman–Crippen MR) is 68.1 cm³/mol. The molecule has 0 aliphatic heterocycles. The minimum absolute atomic E-state index is 0.272. The SMILES string of the molecule is CCCCn1c(O)cc(=O)n(C(C)COC)c1=O. The summed E-state index contributed by atoms with van der Waals surface area (Å²) < 4.78 is 7.28. The summed E-state index contributed by atoms with van der Waals surface area (Å²) in [5.41, 5.74) is -0.993. The van der Waals surface area contributed by atoms with Crippen molar-refractivity contribution in [2.75, 3.05) is 13.7 Å². The Kier molecular flexibility index (Phi) is 5.15. The number of hydrogen-bond acceptors (Lipinski definition) is 4. The van der Waals surface area contributed by atoms with Gasteiger partial charge in [0.15, 0.2) is 0 Å². The molecule has 6 heteroatoms. The molecule has 0 aliphatic carbocycles. The van der Waals surface area contributed by atoms with Crippen LogP contribution in [0.25, 0.3) is 0 Å². The fraction of sp³-hybridized carbons (Fsp3) is 0.667. The third-order valence-corrected chi connectivity index (χ3v) is 2.79. The summed E-state index contributed by atoms with van der Waals surface area (Å²) in [5.74, 6) is -0.278. The number of nitrogens with zero attached hydrogens (tertiary/aromatic N) is 2. The Hall–Kier alpha value is -1.56. The second kappa shape index (κ2) is 6.39. The van der Waals surface area contributed by atoms with E-state index in [1.54, 1.807) is 6.92 Å². The maximum Gasteiger partial charge on any atom is 0.334 e. The van der Waals surface area contributed by atoms with Crippen LogP contribution in [-0.2, 0) is 11.3 Å². The minimum Gasteiger partial charge on any atom is -0.494 e. The van der Waals surface area contributed by atoms with Crippen LogP contribution in [0.15, 0.2) is 15.7 Å². The fourth-order valence-electron chi connectivity index (χ4n) is 1.83. The summed E-state index contributed by atoms with van der Waals surface area (Å²) >= 11 is 0. The number of hydrogen-bond donors (Lipinski definition) is 1. The number of methoxy groups -OCH3 is 1. The van der Waals surface area contributed by atoms with Gasteiger partial charge in [-0.2, -0.15) is 0 Å². The molecule has 1 unspecified atom stereocenters. The fourth-order valence-corrected chi connectivity index (χ4v) is 1.83. The van der Waals surface area contributed by atoms with Crippen LogP contribution in [0.5, 0.6) is 5.88 Å². The first kappa shape index (κ1) is 14.5. The van der Waals surface area contributed by atoms with E-state index in [1.165, 1.54) is 11.7 Å². The summed E-state index contributed by atoms with van der Waals surface area (Å²) in [6.45, 7) is 4.40. The normalized spacial score (nSPS) is 12.6. The first-order valence-electron chi connectivity index (χ1n) is 6.07. The Morgan fingerprint density at radius 2 is 2.11 bits per heavy atom. The summed E-state index contributed by atoms with van der Waals surface area (Å²) in [7, 11) is 1.51. The molecule has 0 saturated carbocycles. The van der Waals surface area contributed by atoms with Gasteiger partial charge >= 0.3 is 5.69 Å². The lowest BCUT2D eigenvalue weighted by molar-refractivity contribution is 0.157. The van der Waals surface area contributed by atoms with Crippen LogP contribution in [0, 0.1) is 0 Å². The molecule has 1 aromatic rings. The van der Waals surface area contributed by atoms with Gasteiger partial charge in [0.2, 0.25) is 5.88 Å². The molecule has 1 heterocycles. The lowest BCUT2D eigenvalue weighted by atomic mass is 10.3. The van der Waals surface area contributed by atoms with Crippen LogP contribution in [-0.4, -0.2) is 28.0 Å². The predicted octanol–water partition coefficient (Wildman–Crippen LogP) is 0.723. The standard InChI is InChI=1S/C12H20N2O4/c1-4-5-6-13-10(15)7-11(16)14(12(13)17)9(2)8-18-3/h7,9,15H,4-6,8H2,1-3H3. The average Bonchev–Trinajstić information content (AvgIpc) is 2.28. The van der Waals surface area contributed by atoms with Crippen LogP contribution in [0.2, 0.25) is 0 Å². The van der Waals surface area contributed by atoms with Gasteiger partial charge in [0.1, 0.15) is 0 Å². The topological polar surface area (TPSA) is 73.5 Å². The van der Waals surface area contributed by atoms with Gasteiger partial charge in [-0.1, -0.05) is 13.3 Å². The lowest BCUT2D eigenvalue weighted by Gasteiger charge is -2.16. The van der Waals surface area contributed by atoms with Gasteiger partial charge in [-0.25, -0.2) is 4.79 Å². The molecule has 0 amide bonds. The Morgan fingerprint density at radius 3 is 2.67 bits per heavy atom. The second-order valence-electron chi connectivity index (χ2n) is 4.30. The number of aromatic hydroxyl groups is 1. The number of unbranched alkanes of at least 4 members (excludes halogenated alkanes) is 1. The van der Waals surface area contributed by atoms with Crippen molar-refractivity contribution in [3.05, 3.63) is 26.9 Å². The van der Waals surface area contributed by atoms with E-state index in [1.807, 2.05) is 6.92 Å². The van der Waals surface area contributed by atoms with E-state index in [9.17, 15) is 14.7 Å². The molecule has 1 atom stereocenters. The molecule has 0 saturated heterocycles. The highest BCUT2D eigenvalue weighted by molar-refractivity contribution is 5.07. The smallest absolute Gasteiger partial charge is 0.334 e. The highest BCUT2D eigenvalue weighted by Crippen LogP contribution is 2.06. The molecule has 0 radical (unpaired) electrons. The molecule has 0 aliphatic rings. The summed E-state index contributed by atoms with van der Waals surface area (Å²) in [4.78, 5) is 23.9. The molecule has 0 bridgehead atoms. The highest BCUT2D eigenvalue weighted by atomic mass is 16.5. The summed E-state index contributed by atoms with van der Waals surface area (Å²) in [6, 6.07) is 0.715. The van der Waals surface area contributed by atoms with Crippen LogP contribution in [0.3, 0.4) is 0 Å². The van der Waals surface area contributed by atoms with E-state index in [0.717, 1.165) is 23.5 Å². The maximum absolute atomic E-state index is 12.1. The van der Waals surface area contributed by atoms with E-state index in [2.05, 4.69) is 0 Å². The molecular formula is C12H20N2O4. The number of ether oxygens (including phenoxy) is 1. The van der Waals surface area contributed by atoms with E-state index in [4.69, 9.17) is 4.74 Å². The van der Waals surface area contributed by atoms with Crippen molar-refractivity contribution in [1.82, 2.24) is 9.13 Å². The van der Waals surface area contributed by atoms with E-state index in [-0.39, 0.29) is 18.5 Å². The van der Waals surface area contributed by atoms with Crippen LogP contribution >= 0.6 is 0 Å². The summed E-state index contributed by atoms with van der Waals surface area (Å²) in [6.07, 6.45) is 1.67. The third kappa shape index (κ3) is 3.01. The minimum atomic E-state index is -0.505. The Morgan fingerprint density at radius 1 is 1.44 bits per heavy atom. The van der Waals surface area contributed by atoms with Gasteiger partial charge < -0.3 is 9.84 Å². The molecule has 1 aromatic heterocycles. The lowest BCUT2D eigenvalue weighted by Crippen LogP contribution is -2.42. The van der Waals surface area contributed by atoms with Gasteiger partial charge in [0.25, 0.3) is 5.56 Å². The Balaban J connectivity index is 3.26. The van der Waals surface area contributed by atoms with Gasteiger partial charge in [-0.15, -0.1) is 0 Å². The Labute approximate surface area is 105 Å². The first-order chi connectivity index (χ1) is 8.52. The zero-order valence-electron chi connectivity index (χ0n) is 11.0. The third-order valence-electron chi connectivity index (χ3n) is 2.79. The van der Waals surface area contributed by atoms with Gasteiger partial charge in [-0.05, 0) is 13.3 Å². The largest absolute Gasteiger partial charge is 0.494 e. The zero-order valence-corrected chi connectivity index (χ0v) is 11.0. The van der Waals surface area contributed by atoms with Crippen molar-refractivity contribution in [3.8, 4) is 5.88 Å². The van der Waals surface area contributed by atoms with Crippen molar-refractivity contribution in [2.45, 2.75) is 39.3 Å². The van der Waals surface area contributed by atoms with Crippen molar-refractivity contribution in [2.24, 2.45) is 0 Å². The van der Waals surface area contributed by atoms with Gasteiger partial charge in [0, 0.05) is 13.7 Å². The van der Waals surface area contributed by atoms with Gasteiger partial charge in [0.05, 0.1) is 18.7 Å². The molecule has 1 N–H and O–H groups in total. The average molecular weight is 256 g/mol.